The van der Waals surface area contributed by atoms with Crippen LogP contribution in [0.25, 0.3) is 0 Å². The minimum atomic E-state index is -1.05. The van der Waals surface area contributed by atoms with Crippen LogP contribution in [0.4, 0.5) is 0 Å². The van der Waals surface area contributed by atoms with Crippen LogP contribution in [0.15, 0.2) is 18.2 Å². The van der Waals surface area contributed by atoms with Crippen LogP contribution in [0.2, 0.25) is 5.02 Å². The Morgan fingerprint density at radius 2 is 2.00 bits per heavy atom. The van der Waals surface area contributed by atoms with Crippen LogP contribution in [0.3, 0.4) is 0 Å². The lowest BCUT2D eigenvalue weighted by molar-refractivity contribution is -0.156. The molecule has 0 saturated heterocycles. The van der Waals surface area contributed by atoms with Crippen LogP contribution in [0, 0.1) is 5.92 Å². The van der Waals surface area contributed by atoms with Crippen molar-refractivity contribution in [1.82, 2.24) is 5.32 Å². The molecule has 2 aliphatic rings. The maximum absolute atomic E-state index is 12.6. The zero-order valence-electron chi connectivity index (χ0n) is 14.3. The predicted octanol–water partition coefficient (Wildman–Crippen LogP) is 2.93. The minimum Gasteiger partial charge on any atom is -0.456 e. The quantitative estimate of drug-likeness (QED) is 0.787. The number of amides is 1. The number of ether oxygens (including phenoxy) is 1. The average molecular weight is 366 g/mol. The first-order valence-electron chi connectivity index (χ1n) is 8.93. The van der Waals surface area contributed by atoms with Crippen LogP contribution >= 0.6 is 11.6 Å². The zero-order chi connectivity index (χ0) is 18.0. The molecule has 1 fully saturated rings. The van der Waals surface area contributed by atoms with E-state index in [-0.39, 0.29) is 17.9 Å². The molecule has 3 rings (SSSR count). The fraction of sp³-hybridized carbons (Fsp3) is 0.579. The van der Waals surface area contributed by atoms with Gasteiger partial charge in [0.15, 0.2) is 6.04 Å². The van der Waals surface area contributed by atoms with Crippen molar-refractivity contribution < 1.29 is 19.4 Å². The van der Waals surface area contributed by atoms with Gasteiger partial charge in [-0.3, -0.25) is 4.79 Å². The van der Waals surface area contributed by atoms with Gasteiger partial charge in [0.2, 0.25) is 5.91 Å². The fourth-order valence-corrected chi connectivity index (χ4v) is 4.02. The van der Waals surface area contributed by atoms with Gasteiger partial charge in [-0.15, -0.1) is 0 Å². The average Bonchev–Trinajstić information content (AvgIpc) is 3.23. The molecule has 1 amide bonds. The molecule has 0 aliphatic heterocycles. The first-order valence-corrected chi connectivity index (χ1v) is 9.31. The molecule has 5 nitrogen and oxygen atoms in total. The Morgan fingerprint density at radius 1 is 1.28 bits per heavy atom. The molecule has 25 heavy (non-hydrogen) atoms. The molecule has 3 unspecified atom stereocenters. The number of halogens is 1. The SMILES string of the molecule is CC(O)C(NC(=O)C1CCCC1)C(=O)OC1CCc2c(Cl)cccc21. The van der Waals surface area contributed by atoms with Crippen molar-refractivity contribution in [2.75, 3.05) is 0 Å². The number of fused-ring (bicyclic) bond motifs is 1. The summed E-state index contributed by atoms with van der Waals surface area (Å²) >= 11 is 6.19. The van der Waals surface area contributed by atoms with Gasteiger partial charge in [-0.05, 0) is 49.8 Å². The second-order valence-corrected chi connectivity index (χ2v) is 7.39. The van der Waals surface area contributed by atoms with Crippen molar-refractivity contribution in [2.24, 2.45) is 5.92 Å². The minimum absolute atomic E-state index is 0.0694. The van der Waals surface area contributed by atoms with Gasteiger partial charge < -0.3 is 15.2 Å². The monoisotopic (exact) mass is 365 g/mol. The Morgan fingerprint density at radius 3 is 2.68 bits per heavy atom. The third-order valence-corrected chi connectivity index (χ3v) is 5.53. The molecule has 1 saturated carbocycles. The topological polar surface area (TPSA) is 75.6 Å². The van der Waals surface area contributed by atoms with Gasteiger partial charge in [-0.2, -0.15) is 0 Å². The number of hydrogen-bond donors (Lipinski definition) is 2. The number of hydrogen-bond acceptors (Lipinski definition) is 4. The van der Waals surface area contributed by atoms with E-state index in [0.717, 1.165) is 43.2 Å². The summed E-state index contributed by atoms with van der Waals surface area (Å²) in [6.45, 7) is 1.49. The first kappa shape index (κ1) is 18.2. The summed E-state index contributed by atoms with van der Waals surface area (Å²) in [4.78, 5) is 24.9. The lowest BCUT2D eigenvalue weighted by Gasteiger charge is -2.24. The second kappa shape index (κ2) is 7.75. The van der Waals surface area contributed by atoms with E-state index in [9.17, 15) is 14.7 Å². The lowest BCUT2D eigenvalue weighted by atomic mass is 10.1. The summed E-state index contributed by atoms with van der Waals surface area (Å²) in [5.74, 6) is -0.838. The Labute approximate surface area is 152 Å². The van der Waals surface area contributed by atoms with Gasteiger partial charge in [-0.25, -0.2) is 4.79 Å². The molecule has 3 atom stereocenters. The number of carbonyl (C=O) groups excluding carboxylic acids is 2. The van der Waals surface area contributed by atoms with Crippen molar-refractivity contribution in [3.05, 3.63) is 34.3 Å². The van der Waals surface area contributed by atoms with E-state index < -0.39 is 18.1 Å². The van der Waals surface area contributed by atoms with E-state index in [0.29, 0.717) is 11.4 Å². The molecule has 136 valence electrons. The number of esters is 1. The first-order chi connectivity index (χ1) is 12.0. The van der Waals surface area contributed by atoms with Gasteiger partial charge in [0.1, 0.15) is 6.10 Å². The molecule has 1 aromatic rings. The highest BCUT2D eigenvalue weighted by Crippen LogP contribution is 2.38. The highest BCUT2D eigenvalue weighted by molar-refractivity contribution is 6.31. The maximum Gasteiger partial charge on any atom is 0.331 e. The van der Waals surface area contributed by atoms with E-state index in [2.05, 4.69) is 5.32 Å². The fourth-order valence-electron chi connectivity index (χ4n) is 3.74. The van der Waals surface area contributed by atoms with Crippen LogP contribution in [0.1, 0.15) is 56.3 Å². The van der Waals surface area contributed by atoms with E-state index >= 15 is 0 Å². The molecule has 1 aromatic carbocycles. The van der Waals surface area contributed by atoms with Crippen LogP contribution in [-0.2, 0) is 20.7 Å². The Balaban J connectivity index is 1.66. The van der Waals surface area contributed by atoms with E-state index in [1.165, 1.54) is 6.92 Å². The normalized spacial score (nSPS) is 22.3. The number of rotatable bonds is 5. The number of carbonyl (C=O) groups is 2. The molecule has 6 heteroatoms. The van der Waals surface area contributed by atoms with Crippen molar-refractivity contribution in [3.8, 4) is 0 Å². The summed E-state index contributed by atoms with van der Waals surface area (Å²) in [5.41, 5.74) is 1.91. The standard InChI is InChI=1S/C19H24ClNO4/c1-11(22)17(21-18(23)12-5-2-3-6-12)19(24)25-16-10-9-13-14(16)7-4-8-15(13)20/h4,7-8,11-12,16-17,22H,2-3,5-6,9-10H2,1H3,(H,21,23). The molecule has 0 bridgehead atoms. The third kappa shape index (κ3) is 3.98. The lowest BCUT2D eigenvalue weighted by Crippen LogP contribution is -2.50. The van der Waals surface area contributed by atoms with Gasteiger partial charge in [-0.1, -0.05) is 36.6 Å². The number of aliphatic hydroxyl groups excluding tert-OH is 1. The maximum atomic E-state index is 12.6. The van der Waals surface area contributed by atoms with Gasteiger partial charge >= 0.3 is 5.97 Å². The van der Waals surface area contributed by atoms with Crippen LogP contribution < -0.4 is 5.32 Å². The smallest absolute Gasteiger partial charge is 0.331 e. The van der Waals surface area contributed by atoms with Gasteiger partial charge in [0.25, 0.3) is 0 Å². The Kier molecular flexibility index (Phi) is 5.64. The van der Waals surface area contributed by atoms with E-state index in [1.807, 2.05) is 18.2 Å². The third-order valence-electron chi connectivity index (χ3n) is 5.18. The summed E-state index contributed by atoms with van der Waals surface area (Å²) < 4.78 is 5.61. The zero-order valence-corrected chi connectivity index (χ0v) is 15.1. The second-order valence-electron chi connectivity index (χ2n) is 6.98. The molecular weight excluding hydrogens is 342 g/mol. The molecule has 0 radical (unpaired) electrons. The molecule has 2 N–H and O–H groups in total. The highest BCUT2D eigenvalue weighted by Gasteiger charge is 2.34. The van der Waals surface area contributed by atoms with Crippen molar-refractivity contribution >= 4 is 23.5 Å². The Hall–Kier alpha value is -1.59. The summed E-state index contributed by atoms with van der Waals surface area (Å²) in [7, 11) is 0. The van der Waals surface area contributed by atoms with E-state index in [1.54, 1.807) is 0 Å². The molecule has 0 spiro atoms. The Bertz CT molecular complexity index is 655. The number of benzene rings is 1. The van der Waals surface area contributed by atoms with Crippen molar-refractivity contribution in [2.45, 2.75) is 63.7 Å². The van der Waals surface area contributed by atoms with E-state index in [4.69, 9.17) is 16.3 Å². The molecule has 2 aliphatic carbocycles. The highest BCUT2D eigenvalue weighted by atomic mass is 35.5. The van der Waals surface area contributed by atoms with Crippen molar-refractivity contribution in [3.63, 3.8) is 0 Å². The summed E-state index contributed by atoms with van der Waals surface area (Å²) in [5, 5.41) is 13.3. The van der Waals surface area contributed by atoms with Crippen LogP contribution in [-0.4, -0.2) is 29.1 Å². The van der Waals surface area contributed by atoms with Crippen molar-refractivity contribution in [1.29, 1.82) is 0 Å². The largest absolute Gasteiger partial charge is 0.456 e. The molecule has 0 heterocycles. The predicted molar refractivity (Wildman–Crippen MR) is 94.2 cm³/mol. The number of aliphatic hydroxyl groups is 1. The number of nitrogens with one attached hydrogen (secondary N) is 1. The summed E-state index contributed by atoms with van der Waals surface area (Å²) in [6, 6.07) is 4.52. The molecular formula is C19H24ClNO4. The molecule has 0 aromatic heterocycles. The summed E-state index contributed by atoms with van der Waals surface area (Å²) in [6.07, 6.45) is 3.74. The van der Waals surface area contributed by atoms with Gasteiger partial charge in [0.05, 0.1) is 6.10 Å². The van der Waals surface area contributed by atoms with Crippen LogP contribution in [0.5, 0.6) is 0 Å². The van der Waals surface area contributed by atoms with Gasteiger partial charge in [0, 0.05) is 10.9 Å².